The fourth-order valence-electron chi connectivity index (χ4n) is 1.92. The number of rotatable bonds is 4. The molecule has 3 nitrogen and oxygen atoms in total. The van der Waals surface area contributed by atoms with E-state index in [9.17, 15) is 0 Å². The molecule has 0 aliphatic carbocycles. The largest absolute Gasteiger partial charge is 0.495 e. The first-order valence-corrected chi connectivity index (χ1v) is 7.79. The molecule has 0 aromatic heterocycles. The van der Waals surface area contributed by atoms with Gasteiger partial charge in [-0.3, -0.25) is 0 Å². The van der Waals surface area contributed by atoms with Gasteiger partial charge in [0.15, 0.2) is 5.11 Å². The Morgan fingerprint density at radius 2 is 1.91 bits per heavy atom. The van der Waals surface area contributed by atoms with Gasteiger partial charge in [-0.05, 0) is 54.5 Å². The normalized spacial score (nSPS) is 10.2. The number of benzene rings is 2. The molecule has 0 aliphatic rings. The van der Waals surface area contributed by atoms with Crippen LogP contribution in [0, 0.1) is 6.92 Å². The van der Waals surface area contributed by atoms with Crippen LogP contribution in [-0.4, -0.2) is 12.2 Å². The summed E-state index contributed by atoms with van der Waals surface area (Å²) in [6.45, 7) is 2.56. The molecule has 0 heterocycles. The molecule has 0 fully saturated rings. The zero-order valence-electron chi connectivity index (χ0n) is 12.2. The molecule has 2 aromatic rings. The van der Waals surface area contributed by atoms with E-state index in [1.54, 1.807) is 13.2 Å². The van der Waals surface area contributed by atoms with Gasteiger partial charge in [-0.25, -0.2) is 0 Å². The maximum atomic E-state index is 5.99. The molecule has 6 heteroatoms. The van der Waals surface area contributed by atoms with E-state index in [1.165, 1.54) is 0 Å². The highest BCUT2D eigenvalue weighted by Gasteiger charge is 2.06. The standard InChI is InChI=1S/C16H16Cl2N2OS/c1-10-3-6-15(21-2)14(7-10)20-16(22)19-9-11-4-5-12(17)13(18)8-11/h3-8H,9H2,1-2H3,(H2,19,20,22). The third kappa shape index (κ3) is 4.50. The molecule has 2 aromatic carbocycles. The van der Waals surface area contributed by atoms with Gasteiger partial charge in [0.25, 0.3) is 0 Å². The number of hydrogen-bond acceptors (Lipinski definition) is 2. The van der Waals surface area contributed by atoms with Crippen LogP contribution in [-0.2, 0) is 6.54 Å². The van der Waals surface area contributed by atoms with Crippen LogP contribution < -0.4 is 15.4 Å². The number of hydrogen-bond donors (Lipinski definition) is 2. The fourth-order valence-corrected chi connectivity index (χ4v) is 2.42. The summed E-state index contributed by atoms with van der Waals surface area (Å²) in [6, 6.07) is 11.3. The van der Waals surface area contributed by atoms with Gasteiger partial charge in [0.1, 0.15) is 5.75 Å². The Morgan fingerprint density at radius 3 is 2.59 bits per heavy atom. The second-order valence-electron chi connectivity index (χ2n) is 4.76. The summed E-state index contributed by atoms with van der Waals surface area (Å²) in [6.07, 6.45) is 0. The Labute approximate surface area is 145 Å². The highest BCUT2D eigenvalue weighted by atomic mass is 35.5. The number of methoxy groups -OCH3 is 1. The van der Waals surface area contributed by atoms with E-state index in [4.69, 9.17) is 40.2 Å². The van der Waals surface area contributed by atoms with Crippen molar-refractivity contribution in [3.63, 3.8) is 0 Å². The third-order valence-corrected chi connectivity index (χ3v) is 4.03. The molecular weight excluding hydrogens is 339 g/mol. The van der Waals surface area contributed by atoms with Crippen molar-refractivity contribution < 1.29 is 4.74 Å². The number of halogens is 2. The summed E-state index contributed by atoms with van der Waals surface area (Å²) in [5.74, 6) is 0.740. The van der Waals surface area contributed by atoms with Crippen LogP contribution in [0.25, 0.3) is 0 Å². The molecule has 116 valence electrons. The molecule has 0 unspecified atom stereocenters. The third-order valence-electron chi connectivity index (χ3n) is 3.04. The van der Waals surface area contributed by atoms with Gasteiger partial charge >= 0.3 is 0 Å². The van der Waals surface area contributed by atoms with Crippen molar-refractivity contribution in [3.8, 4) is 5.75 Å². The van der Waals surface area contributed by atoms with Crippen LogP contribution in [0.1, 0.15) is 11.1 Å². The van der Waals surface area contributed by atoms with Crippen LogP contribution in [0.4, 0.5) is 5.69 Å². The van der Waals surface area contributed by atoms with Crippen LogP contribution in [0.2, 0.25) is 10.0 Å². The number of thiocarbonyl (C=S) groups is 1. The van der Waals surface area contributed by atoms with E-state index in [2.05, 4.69) is 10.6 Å². The summed E-state index contributed by atoms with van der Waals surface area (Å²) in [5.41, 5.74) is 2.94. The molecule has 0 saturated heterocycles. The van der Waals surface area contributed by atoms with Gasteiger partial charge < -0.3 is 15.4 Å². The maximum Gasteiger partial charge on any atom is 0.171 e. The van der Waals surface area contributed by atoms with E-state index in [0.717, 1.165) is 22.6 Å². The Hall–Kier alpha value is -1.49. The van der Waals surface area contributed by atoms with Gasteiger partial charge in [0.2, 0.25) is 0 Å². The first-order chi connectivity index (χ1) is 10.5. The average Bonchev–Trinajstić information content (AvgIpc) is 2.49. The summed E-state index contributed by atoms with van der Waals surface area (Å²) in [4.78, 5) is 0. The molecule has 2 rings (SSSR count). The number of nitrogens with one attached hydrogen (secondary N) is 2. The van der Waals surface area contributed by atoms with Crippen molar-refractivity contribution in [3.05, 3.63) is 57.6 Å². The van der Waals surface area contributed by atoms with Gasteiger partial charge in [-0.1, -0.05) is 35.3 Å². The lowest BCUT2D eigenvalue weighted by Gasteiger charge is -2.14. The number of ether oxygens (including phenoxy) is 1. The van der Waals surface area contributed by atoms with E-state index < -0.39 is 0 Å². The predicted octanol–water partition coefficient (Wildman–Crippen LogP) is 4.80. The van der Waals surface area contributed by atoms with Gasteiger partial charge in [0.05, 0.1) is 22.8 Å². The molecule has 0 spiro atoms. The maximum absolute atomic E-state index is 5.99. The van der Waals surface area contributed by atoms with E-state index in [0.29, 0.717) is 21.7 Å². The van der Waals surface area contributed by atoms with Crippen LogP contribution in [0.5, 0.6) is 5.75 Å². The van der Waals surface area contributed by atoms with Crippen LogP contribution in [0.3, 0.4) is 0 Å². The molecule has 0 amide bonds. The predicted molar refractivity (Wildman–Crippen MR) is 97.3 cm³/mol. The second-order valence-corrected chi connectivity index (χ2v) is 5.98. The molecule has 0 bridgehead atoms. The van der Waals surface area contributed by atoms with Gasteiger partial charge in [-0.15, -0.1) is 0 Å². The Bertz CT molecular complexity index is 692. The van der Waals surface area contributed by atoms with Crippen molar-refractivity contribution in [1.29, 1.82) is 0 Å². The van der Waals surface area contributed by atoms with Gasteiger partial charge in [0, 0.05) is 6.54 Å². The van der Waals surface area contributed by atoms with Crippen molar-refractivity contribution in [2.45, 2.75) is 13.5 Å². The molecule has 0 saturated carbocycles. The van der Waals surface area contributed by atoms with Crippen LogP contribution >= 0.6 is 35.4 Å². The molecule has 0 radical (unpaired) electrons. The quantitative estimate of drug-likeness (QED) is 0.772. The summed E-state index contributed by atoms with van der Waals surface area (Å²) in [5, 5.41) is 7.84. The Balaban J connectivity index is 1.98. The summed E-state index contributed by atoms with van der Waals surface area (Å²) in [7, 11) is 1.63. The lowest BCUT2D eigenvalue weighted by molar-refractivity contribution is 0.417. The average molecular weight is 355 g/mol. The zero-order valence-corrected chi connectivity index (χ0v) is 14.6. The highest BCUT2D eigenvalue weighted by molar-refractivity contribution is 7.80. The highest BCUT2D eigenvalue weighted by Crippen LogP contribution is 2.25. The van der Waals surface area contributed by atoms with Crippen molar-refractivity contribution >= 4 is 46.2 Å². The molecule has 2 N–H and O–H groups in total. The summed E-state index contributed by atoms with van der Waals surface area (Å²) < 4.78 is 5.31. The topological polar surface area (TPSA) is 33.3 Å². The number of aryl methyl sites for hydroxylation is 1. The van der Waals surface area contributed by atoms with E-state index in [1.807, 2.05) is 37.3 Å². The number of anilines is 1. The SMILES string of the molecule is COc1ccc(C)cc1NC(=S)NCc1ccc(Cl)c(Cl)c1. The minimum atomic E-state index is 0.509. The zero-order chi connectivity index (χ0) is 16.1. The molecular formula is C16H16Cl2N2OS. The lowest BCUT2D eigenvalue weighted by atomic mass is 10.2. The Kier molecular flexibility index (Phi) is 5.89. The van der Waals surface area contributed by atoms with E-state index >= 15 is 0 Å². The summed E-state index contributed by atoms with van der Waals surface area (Å²) >= 11 is 17.2. The monoisotopic (exact) mass is 354 g/mol. The van der Waals surface area contributed by atoms with Gasteiger partial charge in [-0.2, -0.15) is 0 Å². The van der Waals surface area contributed by atoms with Crippen LogP contribution in [0.15, 0.2) is 36.4 Å². The van der Waals surface area contributed by atoms with Crippen molar-refractivity contribution in [2.75, 3.05) is 12.4 Å². The smallest absolute Gasteiger partial charge is 0.171 e. The minimum absolute atomic E-state index is 0.509. The molecule has 0 aliphatic heterocycles. The van der Waals surface area contributed by atoms with Crippen molar-refractivity contribution in [1.82, 2.24) is 5.32 Å². The first kappa shape index (κ1) is 16.9. The molecule has 22 heavy (non-hydrogen) atoms. The minimum Gasteiger partial charge on any atom is -0.495 e. The fraction of sp³-hybridized carbons (Fsp3) is 0.188. The Morgan fingerprint density at radius 1 is 1.14 bits per heavy atom. The second kappa shape index (κ2) is 7.68. The first-order valence-electron chi connectivity index (χ1n) is 6.63. The molecule has 0 atom stereocenters. The lowest BCUT2D eigenvalue weighted by Crippen LogP contribution is -2.28. The van der Waals surface area contributed by atoms with E-state index in [-0.39, 0.29) is 0 Å². The van der Waals surface area contributed by atoms with Crippen molar-refractivity contribution in [2.24, 2.45) is 0 Å².